The molecule has 22 heavy (non-hydrogen) atoms. The smallest absolute Gasteiger partial charge is 0.180 e. The van der Waals surface area contributed by atoms with Gasteiger partial charge in [0.05, 0.1) is 5.84 Å². The summed E-state index contributed by atoms with van der Waals surface area (Å²) in [4.78, 5) is 10.4. The average Bonchev–Trinajstić information content (AvgIpc) is 2.98. The van der Waals surface area contributed by atoms with E-state index in [4.69, 9.17) is 5.41 Å². The molecule has 2 N–H and O–H groups in total. The first-order valence-electron chi connectivity index (χ1n) is 7.02. The molecule has 2 aromatic heterocycles. The van der Waals surface area contributed by atoms with Gasteiger partial charge in [0, 0.05) is 51.0 Å². The van der Waals surface area contributed by atoms with Gasteiger partial charge in [-0.25, -0.2) is 9.97 Å². The molecule has 0 spiro atoms. The van der Waals surface area contributed by atoms with Crippen molar-refractivity contribution in [3.05, 3.63) is 54.6 Å². The van der Waals surface area contributed by atoms with Crippen LogP contribution >= 0.6 is 0 Å². The van der Waals surface area contributed by atoms with Crippen LogP contribution < -0.4 is 5.32 Å². The zero-order valence-corrected chi connectivity index (χ0v) is 12.6. The highest BCUT2D eigenvalue weighted by Gasteiger charge is 2.05. The van der Waals surface area contributed by atoms with Crippen LogP contribution in [0, 0.1) is 5.41 Å². The Balaban J connectivity index is 1.76. The summed E-state index contributed by atoms with van der Waals surface area (Å²) in [5, 5.41) is 11.2. The molecule has 2 heterocycles. The van der Waals surface area contributed by atoms with E-state index in [1.807, 2.05) is 60.1 Å². The predicted molar refractivity (Wildman–Crippen MR) is 87.8 cm³/mol. The molecule has 0 radical (unpaired) electrons. The molecular weight excluding hydrogens is 276 g/mol. The van der Waals surface area contributed by atoms with Gasteiger partial charge in [0.1, 0.15) is 0 Å². The molecule has 3 rings (SSSR count). The highest BCUT2D eigenvalue weighted by Crippen LogP contribution is 2.18. The molecule has 0 aliphatic heterocycles. The number of anilines is 2. The van der Waals surface area contributed by atoms with Gasteiger partial charge in [-0.2, -0.15) is 0 Å². The van der Waals surface area contributed by atoms with Gasteiger partial charge < -0.3 is 14.6 Å². The minimum Gasteiger partial charge on any atom is -0.366 e. The fourth-order valence-electron chi connectivity index (χ4n) is 2.14. The van der Waals surface area contributed by atoms with Crippen LogP contribution in [0.1, 0.15) is 5.56 Å². The second kappa shape index (κ2) is 5.85. The number of amidine groups is 1. The third-order valence-electron chi connectivity index (χ3n) is 3.44. The lowest BCUT2D eigenvalue weighted by atomic mass is 10.1. The van der Waals surface area contributed by atoms with Gasteiger partial charge in [-0.15, -0.1) is 0 Å². The molecule has 0 aliphatic rings. The lowest BCUT2D eigenvalue weighted by Crippen LogP contribution is -2.22. The highest BCUT2D eigenvalue weighted by molar-refractivity contribution is 5.81. The van der Waals surface area contributed by atoms with Crippen molar-refractivity contribution in [1.82, 2.24) is 19.3 Å². The van der Waals surface area contributed by atoms with Crippen LogP contribution in [0.4, 0.5) is 11.5 Å². The average molecular weight is 294 g/mol. The molecule has 112 valence electrons. The molecule has 0 atom stereocenters. The zero-order chi connectivity index (χ0) is 15.5. The molecule has 0 amide bonds. The largest absolute Gasteiger partial charge is 0.366 e. The number of rotatable bonds is 4. The Morgan fingerprint density at radius 1 is 1.14 bits per heavy atom. The van der Waals surface area contributed by atoms with Gasteiger partial charge in [0.2, 0.25) is 0 Å². The Labute approximate surface area is 129 Å². The quantitative estimate of drug-likeness (QED) is 0.573. The summed E-state index contributed by atoms with van der Waals surface area (Å²) in [5.41, 5.74) is 2.85. The third-order valence-corrected chi connectivity index (χ3v) is 3.44. The SMILES string of the molecule is CN(C)C(=N)Cc1ccc(Nc2nccn3ccnc23)cc1. The van der Waals surface area contributed by atoms with Gasteiger partial charge in [-0.05, 0) is 17.7 Å². The number of nitrogens with one attached hydrogen (secondary N) is 2. The van der Waals surface area contributed by atoms with E-state index in [0.717, 1.165) is 22.7 Å². The topological polar surface area (TPSA) is 69.3 Å². The standard InChI is InChI=1S/C16H18N6/c1-21(2)14(17)11-12-3-5-13(6-4-12)20-15-16-19-8-10-22(16)9-7-18-15/h3-10,17H,11H2,1-2H3,(H,18,20). The van der Waals surface area contributed by atoms with Crippen molar-refractivity contribution in [1.29, 1.82) is 5.41 Å². The highest BCUT2D eigenvalue weighted by atomic mass is 15.1. The van der Waals surface area contributed by atoms with Crippen LogP contribution in [0.3, 0.4) is 0 Å². The molecule has 0 fully saturated rings. The van der Waals surface area contributed by atoms with Gasteiger partial charge in [-0.3, -0.25) is 5.41 Å². The Bertz CT molecular complexity index is 788. The maximum Gasteiger partial charge on any atom is 0.180 e. The van der Waals surface area contributed by atoms with Crippen LogP contribution in [-0.4, -0.2) is 39.2 Å². The van der Waals surface area contributed by atoms with E-state index in [1.54, 1.807) is 12.4 Å². The monoisotopic (exact) mass is 294 g/mol. The first kappa shape index (κ1) is 14.1. The molecule has 0 aliphatic carbocycles. The van der Waals surface area contributed by atoms with Crippen molar-refractivity contribution >= 4 is 23.0 Å². The molecule has 6 nitrogen and oxygen atoms in total. The van der Waals surface area contributed by atoms with Gasteiger partial charge in [0.15, 0.2) is 11.5 Å². The maximum absolute atomic E-state index is 7.88. The number of likely N-dealkylation sites (N-methyl/N-ethyl adjacent to an activating group) is 1. The van der Waals surface area contributed by atoms with Crippen molar-refractivity contribution in [3.63, 3.8) is 0 Å². The first-order chi connectivity index (χ1) is 10.6. The number of hydrogen-bond acceptors (Lipinski definition) is 4. The van der Waals surface area contributed by atoms with Crippen molar-refractivity contribution in [3.8, 4) is 0 Å². The molecule has 0 saturated carbocycles. The number of aromatic nitrogens is 3. The summed E-state index contributed by atoms with van der Waals surface area (Å²) in [6.45, 7) is 0. The Morgan fingerprint density at radius 3 is 2.50 bits per heavy atom. The lowest BCUT2D eigenvalue weighted by molar-refractivity contribution is 0.605. The summed E-state index contributed by atoms with van der Waals surface area (Å²) in [7, 11) is 3.77. The fourth-order valence-corrected chi connectivity index (χ4v) is 2.14. The number of imidazole rings is 1. The first-order valence-corrected chi connectivity index (χ1v) is 7.02. The Morgan fingerprint density at radius 2 is 1.82 bits per heavy atom. The second-order valence-corrected chi connectivity index (χ2v) is 5.27. The Hall–Kier alpha value is -2.89. The molecule has 0 unspecified atom stereocenters. The molecule has 1 aromatic carbocycles. The zero-order valence-electron chi connectivity index (χ0n) is 12.6. The summed E-state index contributed by atoms with van der Waals surface area (Å²) >= 11 is 0. The van der Waals surface area contributed by atoms with E-state index < -0.39 is 0 Å². The van der Waals surface area contributed by atoms with Crippen LogP contribution in [-0.2, 0) is 6.42 Å². The van der Waals surface area contributed by atoms with Gasteiger partial charge in [0.25, 0.3) is 0 Å². The Kier molecular flexibility index (Phi) is 3.74. The van der Waals surface area contributed by atoms with Crippen LogP contribution in [0.2, 0.25) is 0 Å². The van der Waals surface area contributed by atoms with Crippen molar-refractivity contribution in [2.75, 3.05) is 19.4 Å². The van der Waals surface area contributed by atoms with E-state index in [1.165, 1.54) is 0 Å². The van der Waals surface area contributed by atoms with E-state index >= 15 is 0 Å². The van der Waals surface area contributed by atoms with E-state index in [2.05, 4.69) is 15.3 Å². The lowest BCUT2D eigenvalue weighted by Gasteiger charge is -2.13. The number of fused-ring (bicyclic) bond motifs is 1. The maximum atomic E-state index is 7.88. The van der Waals surface area contributed by atoms with Crippen LogP contribution in [0.15, 0.2) is 49.1 Å². The molecule has 0 saturated heterocycles. The molecule has 3 aromatic rings. The van der Waals surface area contributed by atoms with Gasteiger partial charge >= 0.3 is 0 Å². The minimum absolute atomic E-state index is 0.588. The number of nitrogens with zero attached hydrogens (tertiary/aromatic N) is 4. The summed E-state index contributed by atoms with van der Waals surface area (Å²) < 4.78 is 1.92. The second-order valence-electron chi connectivity index (χ2n) is 5.27. The van der Waals surface area contributed by atoms with Crippen LogP contribution in [0.5, 0.6) is 0 Å². The minimum atomic E-state index is 0.588. The van der Waals surface area contributed by atoms with Gasteiger partial charge in [-0.1, -0.05) is 12.1 Å². The summed E-state index contributed by atoms with van der Waals surface area (Å²) in [6, 6.07) is 8.02. The summed E-state index contributed by atoms with van der Waals surface area (Å²) in [6.07, 6.45) is 7.87. The van der Waals surface area contributed by atoms with E-state index in [0.29, 0.717) is 12.3 Å². The normalized spacial score (nSPS) is 10.6. The predicted octanol–water partition coefficient (Wildman–Crippen LogP) is 2.55. The fraction of sp³-hybridized carbons (Fsp3) is 0.188. The molecule has 6 heteroatoms. The van der Waals surface area contributed by atoms with E-state index in [9.17, 15) is 0 Å². The molecular formula is C16H18N6. The van der Waals surface area contributed by atoms with Crippen LogP contribution in [0.25, 0.3) is 5.65 Å². The number of hydrogen-bond donors (Lipinski definition) is 2. The number of benzene rings is 1. The van der Waals surface area contributed by atoms with Crippen molar-refractivity contribution in [2.24, 2.45) is 0 Å². The molecule has 0 bridgehead atoms. The van der Waals surface area contributed by atoms with Crippen molar-refractivity contribution in [2.45, 2.75) is 6.42 Å². The van der Waals surface area contributed by atoms with Crippen molar-refractivity contribution < 1.29 is 0 Å². The van der Waals surface area contributed by atoms with E-state index in [-0.39, 0.29) is 0 Å². The third kappa shape index (κ3) is 2.90. The summed E-state index contributed by atoms with van der Waals surface area (Å²) in [5.74, 6) is 1.31.